The summed E-state index contributed by atoms with van der Waals surface area (Å²) < 4.78 is 30.4. The number of benzene rings is 3. The Hall–Kier alpha value is -3.30. The second-order valence-electron chi connectivity index (χ2n) is 11.1. The number of hydrogen-bond acceptors (Lipinski definition) is 6. The summed E-state index contributed by atoms with van der Waals surface area (Å²) in [4.78, 5) is 21.9. The molecule has 7 nitrogen and oxygen atoms in total. The number of amidine groups is 1. The molecule has 0 aliphatic carbocycles. The summed E-state index contributed by atoms with van der Waals surface area (Å²) in [5.41, 5.74) is 4.22. The smallest absolute Gasteiger partial charge is 0.252 e. The van der Waals surface area contributed by atoms with E-state index in [0.29, 0.717) is 16.8 Å². The van der Waals surface area contributed by atoms with Gasteiger partial charge in [-0.25, -0.2) is 8.42 Å². The summed E-state index contributed by atoms with van der Waals surface area (Å²) in [5.74, 6) is 1.25. The van der Waals surface area contributed by atoms with Gasteiger partial charge in [-0.15, -0.1) is 0 Å². The topological polar surface area (TPSA) is 79.3 Å². The standard InChI is InChI=1S/C32H35N3O4S2/c1-39-29-10-6-5-9-25(29)20-31(36)33-32-35(28-21-41(37,38)22-30(28)40-32)27-13-11-26(12-14-27)34-17-15-24(16-18-34)19-23-7-3-2-4-8-23/h2-14,24,28,30H,15-22H2,1H3/t28-,30-/m1/s1. The van der Waals surface area contributed by atoms with Gasteiger partial charge in [-0.3, -0.25) is 4.79 Å². The minimum Gasteiger partial charge on any atom is -0.496 e. The monoisotopic (exact) mass is 589 g/mol. The maximum atomic E-state index is 13.1. The summed E-state index contributed by atoms with van der Waals surface area (Å²) in [6.45, 7) is 2.03. The van der Waals surface area contributed by atoms with Gasteiger partial charge < -0.3 is 14.5 Å². The molecule has 0 spiro atoms. The highest BCUT2D eigenvalue weighted by atomic mass is 32.2. The number of rotatable bonds is 7. The molecule has 0 saturated carbocycles. The molecular formula is C32H35N3O4S2. The third-order valence-electron chi connectivity index (χ3n) is 8.30. The van der Waals surface area contributed by atoms with E-state index in [4.69, 9.17) is 4.74 Å². The lowest BCUT2D eigenvalue weighted by atomic mass is 9.90. The number of amides is 1. The van der Waals surface area contributed by atoms with Gasteiger partial charge >= 0.3 is 0 Å². The van der Waals surface area contributed by atoms with Crippen molar-refractivity contribution >= 4 is 44.0 Å². The summed E-state index contributed by atoms with van der Waals surface area (Å²) >= 11 is 1.40. The van der Waals surface area contributed by atoms with E-state index in [1.165, 1.54) is 23.0 Å². The number of anilines is 2. The molecule has 2 atom stereocenters. The number of fused-ring (bicyclic) bond motifs is 1. The van der Waals surface area contributed by atoms with Crippen molar-refractivity contribution in [2.24, 2.45) is 10.9 Å². The van der Waals surface area contributed by atoms with E-state index >= 15 is 0 Å². The van der Waals surface area contributed by atoms with E-state index in [9.17, 15) is 13.2 Å². The zero-order valence-electron chi connectivity index (χ0n) is 23.2. The van der Waals surface area contributed by atoms with Crippen molar-refractivity contribution in [1.82, 2.24) is 0 Å². The number of piperidine rings is 1. The highest BCUT2D eigenvalue weighted by molar-refractivity contribution is 8.16. The first-order chi connectivity index (χ1) is 19.9. The van der Waals surface area contributed by atoms with Crippen LogP contribution in [0.15, 0.2) is 83.9 Å². The van der Waals surface area contributed by atoms with Crippen LogP contribution in [0.5, 0.6) is 5.75 Å². The Morgan fingerprint density at radius 2 is 1.61 bits per heavy atom. The zero-order chi connectivity index (χ0) is 28.4. The molecule has 1 amide bonds. The van der Waals surface area contributed by atoms with Crippen molar-refractivity contribution < 1.29 is 17.9 Å². The summed E-state index contributed by atoms with van der Waals surface area (Å²) in [6, 6.07) is 26.2. The fourth-order valence-electron chi connectivity index (χ4n) is 6.19. The second kappa shape index (κ2) is 11.9. The Labute approximate surface area is 246 Å². The number of thioether (sulfide) groups is 1. The largest absolute Gasteiger partial charge is 0.496 e. The van der Waals surface area contributed by atoms with Crippen LogP contribution in [0.3, 0.4) is 0 Å². The maximum Gasteiger partial charge on any atom is 0.252 e. The van der Waals surface area contributed by atoms with Crippen LogP contribution in [-0.4, -0.2) is 62.5 Å². The van der Waals surface area contributed by atoms with Crippen molar-refractivity contribution in [3.05, 3.63) is 90.0 Å². The molecule has 9 heteroatoms. The highest BCUT2D eigenvalue weighted by Gasteiger charge is 2.49. The van der Waals surface area contributed by atoms with Gasteiger partial charge in [0.05, 0.1) is 31.1 Å². The van der Waals surface area contributed by atoms with Crippen molar-refractivity contribution in [3.8, 4) is 5.75 Å². The molecule has 3 aromatic rings. The number of methoxy groups -OCH3 is 1. The Morgan fingerprint density at radius 3 is 2.34 bits per heavy atom. The van der Waals surface area contributed by atoms with Gasteiger partial charge in [0.15, 0.2) is 15.0 Å². The normalized spacial score (nSPS) is 23.1. The molecule has 3 aliphatic heterocycles. The first-order valence-electron chi connectivity index (χ1n) is 14.2. The Kier molecular flexibility index (Phi) is 8.08. The van der Waals surface area contributed by atoms with Gasteiger partial charge in [0.2, 0.25) is 0 Å². The van der Waals surface area contributed by atoms with Crippen LogP contribution in [-0.2, 0) is 27.5 Å². The number of para-hydroxylation sites is 1. The molecule has 0 bridgehead atoms. The molecule has 41 heavy (non-hydrogen) atoms. The molecule has 3 aliphatic rings. The summed E-state index contributed by atoms with van der Waals surface area (Å²) in [6.07, 6.45) is 3.57. The van der Waals surface area contributed by atoms with E-state index in [1.54, 1.807) is 7.11 Å². The maximum absolute atomic E-state index is 13.1. The third kappa shape index (κ3) is 6.31. The molecule has 214 valence electrons. The molecule has 0 aromatic heterocycles. The lowest BCUT2D eigenvalue weighted by molar-refractivity contribution is -0.117. The third-order valence-corrected chi connectivity index (χ3v) is 11.5. The molecule has 3 fully saturated rings. The van der Waals surface area contributed by atoms with Crippen molar-refractivity contribution in [2.45, 2.75) is 37.0 Å². The van der Waals surface area contributed by atoms with Crippen LogP contribution >= 0.6 is 11.8 Å². The quantitative estimate of drug-likeness (QED) is 0.384. The van der Waals surface area contributed by atoms with Crippen molar-refractivity contribution in [2.75, 3.05) is 41.5 Å². The number of nitrogens with zero attached hydrogens (tertiary/aromatic N) is 3. The number of aliphatic imine (C=N–C) groups is 1. The Balaban J connectivity index is 1.17. The van der Waals surface area contributed by atoms with Gasteiger partial charge in [0, 0.05) is 35.3 Å². The van der Waals surface area contributed by atoms with Gasteiger partial charge in [-0.2, -0.15) is 4.99 Å². The van der Waals surface area contributed by atoms with E-state index in [2.05, 4.69) is 52.4 Å². The van der Waals surface area contributed by atoms with Gasteiger partial charge in [-0.05, 0) is 61.1 Å². The Bertz CT molecular complexity index is 1520. The Morgan fingerprint density at radius 1 is 0.927 bits per heavy atom. The molecule has 3 aromatic carbocycles. The zero-order valence-corrected chi connectivity index (χ0v) is 24.8. The minimum absolute atomic E-state index is 0.0705. The van der Waals surface area contributed by atoms with E-state index in [0.717, 1.165) is 43.6 Å². The molecular weight excluding hydrogens is 555 g/mol. The predicted octanol–water partition coefficient (Wildman–Crippen LogP) is 5.00. The van der Waals surface area contributed by atoms with Gasteiger partial charge in [-0.1, -0.05) is 60.3 Å². The second-order valence-corrected chi connectivity index (χ2v) is 14.4. The number of carbonyl (C=O) groups is 1. The van der Waals surface area contributed by atoms with E-state index in [-0.39, 0.29) is 35.1 Å². The van der Waals surface area contributed by atoms with Gasteiger partial charge in [0.25, 0.3) is 5.91 Å². The summed E-state index contributed by atoms with van der Waals surface area (Å²) in [7, 11) is -1.55. The SMILES string of the molecule is COc1ccccc1CC(=O)N=C1S[C@@H]2CS(=O)(=O)C[C@H]2N1c1ccc(N2CCC(Cc3ccccc3)CC2)cc1. The fraction of sp³-hybridized carbons (Fsp3) is 0.375. The molecule has 0 unspecified atom stereocenters. The molecule has 3 heterocycles. The lowest BCUT2D eigenvalue weighted by Crippen LogP contribution is -2.38. The van der Waals surface area contributed by atoms with Gasteiger partial charge in [0.1, 0.15) is 5.75 Å². The van der Waals surface area contributed by atoms with Crippen LogP contribution in [0.2, 0.25) is 0 Å². The first kappa shape index (κ1) is 27.8. The van der Waals surface area contributed by atoms with E-state index in [1.807, 2.05) is 41.3 Å². The number of ether oxygens (including phenoxy) is 1. The minimum atomic E-state index is -3.14. The number of sulfone groups is 1. The first-order valence-corrected chi connectivity index (χ1v) is 16.9. The average Bonchev–Trinajstić information content (AvgIpc) is 3.44. The number of hydrogen-bond donors (Lipinski definition) is 0. The van der Waals surface area contributed by atoms with Crippen molar-refractivity contribution in [3.63, 3.8) is 0 Å². The van der Waals surface area contributed by atoms with Crippen LogP contribution in [0.25, 0.3) is 0 Å². The summed E-state index contributed by atoms with van der Waals surface area (Å²) in [5, 5.41) is 0.436. The van der Waals surface area contributed by atoms with Crippen LogP contribution in [0, 0.1) is 5.92 Å². The predicted molar refractivity (Wildman–Crippen MR) is 167 cm³/mol. The van der Waals surface area contributed by atoms with E-state index < -0.39 is 9.84 Å². The fourth-order valence-corrected chi connectivity index (χ4v) is 10.1. The molecule has 0 radical (unpaired) electrons. The van der Waals surface area contributed by atoms with Crippen molar-refractivity contribution in [1.29, 1.82) is 0 Å². The van der Waals surface area contributed by atoms with Crippen LogP contribution < -0.4 is 14.5 Å². The average molecular weight is 590 g/mol. The molecule has 0 N–H and O–H groups in total. The van der Waals surface area contributed by atoms with Crippen LogP contribution in [0.4, 0.5) is 11.4 Å². The molecule has 6 rings (SSSR count). The molecule has 3 saturated heterocycles. The lowest BCUT2D eigenvalue weighted by Gasteiger charge is -2.34. The number of carbonyl (C=O) groups excluding carboxylic acids is 1. The van der Waals surface area contributed by atoms with Crippen LogP contribution in [0.1, 0.15) is 24.0 Å². The highest BCUT2D eigenvalue weighted by Crippen LogP contribution is 2.41.